The van der Waals surface area contributed by atoms with Gasteiger partial charge in [-0.1, -0.05) is 30.3 Å². The lowest BCUT2D eigenvalue weighted by molar-refractivity contribution is 0.144. The number of benzene rings is 1. The Balaban J connectivity index is 1.63. The minimum absolute atomic E-state index is 0.366. The highest BCUT2D eigenvalue weighted by Crippen LogP contribution is 2.22. The first kappa shape index (κ1) is 18.5. The lowest BCUT2D eigenvalue weighted by Crippen LogP contribution is -2.33. The molecule has 0 aliphatic carbocycles. The number of urea groups is 1. The third-order valence-electron chi connectivity index (χ3n) is 3.77. The molecule has 1 unspecified atom stereocenters. The van der Waals surface area contributed by atoms with Gasteiger partial charge < -0.3 is 24.5 Å². The van der Waals surface area contributed by atoms with Crippen LogP contribution in [0.4, 0.5) is 10.5 Å². The van der Waals surface area contributed by atoms with E-state index in [1.54, 1.807) is 31.6 Å². The summed E-state index contributed by atoms with van der Waals surface area (Å²) in [5.74, 6) is 1.12. The van der Waals surface area contributed by atoms with Gasteiger partial charge in [-0.3, -0.25) is 0 Å². The predicted octanol–water partition coefficient (Wildman–Crippen LogP) is 3.61. The van der Waals surface area contributed by atoms with E-state index in [4.69, 9.17) is 13.9 Å². The lowest BCUT2D eigenvalue weighted by Gasteiger charge is -2.17. The zero-order valence-electron chi connectivity index (χ0n) is 14.9. The van der Waals surface area contributed by atoms with Crippen LogP contribution >= 0.6 is 0 Å². The van der Waals surface area contributed by atoms with E-state index in [0.29, 0.717) is 30.5 Å². The summed E-state index contributed by atoms with van der Waals surface area (Å²) in [7, 11) is 1.61. The third kappa shape index (κ3) is 5.32. The molecule has 0 spiro atoms. The monoisotopic (exact) mass is 367 g/mol. The van der Waals surface area contributed by atoms with Crippen molar-refractivity contribution in [2.45, 2.75) is 6.04 Å². The summed E-state index contributed by atoms with van der Waals surface area (Å²) in [5, 5.41) is 5.69. The van der Waals surface area contributed by atoms with E-state index in [0.717, 1.165) is 5.56 Å². The van der Waals surface area contributed by atoms with Crippen LogP contribution in [0.15, 0.2) is 71.5 Å². The molecular formula is C20H21N3O4. The van der Waals surface area contributed by atoms with Crippen molar-refractivity contribution in [3.8, 4) is 5.88 Å². The highest BCUT2D eigenvalue weighted by Gasteiger charge is 2.19. The van der Waals surface area contributed by atoms with E-state index in [2.05, 4.69) is 15.6 Å². The number of nitrogens with zero attached hydrogens (tertiary/aromatic N) is 1. The second-order valence-corrected chi connectivity index (χ2v) is 5.68. The Labute approximate surface area is 157 Å². The number of nitrogens with one attached hydrogen (secondary N) is 2. The molecule has 0 saturated carbocycles. The number of rotatable bonds is 8. The molecule has 0 saturated heterocycles. The largest absolute Gasteiger partial charge is 0.475 e. The third-order valence-corrected chi connectivity index (χ3v) is 3.77. The van der Waals surface area contributed by atoms with Crippen LogP contribution < -0.4 is 15.4 Å². The van der Waals surface area contributed by atoms with Crippen LogP contribution in [0.25, 0.3) is 0 Å². The fourth-order valence-corrected chi connectivity index (χ4v) is 2.49. The van der Waals surface area contributed by atoms with E-state index >= 15 is 0 Å². The van der Waals surface area contributed by atoms with Crippen LogP contribution in [0.5, 0.6) is 5.88 Å². The van der Waals surface area contributed by atoms with Crippen LogP contribution in [0, 0.1) is 0 Å². The number of carbonyl (C=O) groups excluding carboxylic acids is 1. The van der Waals surface area contributed by atoms with Crippen molar-refractivity contribution >= 4 is 11.7 Å². The molecule has 0 bridgehead atoms. The quantitative estimate of drug-likeness (QED) is 0.594. The Hall–Kier alpha value is -3.32. The fraction of sp³-hybridized carbons (Fsp3) is 0.200. The van der Waals surface area contributed by atoms with Gasteiger partial charge in [0.2, 0.25) is 5.88 Å². The SMILES string of the molecule is COCCOc1ccc(NC(=O)NC(c2ccccc2)c2ccco2)cn1. The lowest BCUT2D eigenvalue weighted by atomic mass is 10.1. The highest BCUT2D eigenvalue weighted by atomic mass is 16.5. The summed E-state index contributed by atoms with van der Waals surface area (Å²) in [4.78, 5) is 16.6. The smallest absolute Gasteiger partial charge is 0.320 e. The molecule has 27 heavy (non-hydrogen) atoms. The van der Waals surface area contributed by atoms with Crippen molar-refractivity contribution in [2.75, 3.05) is 25.6 Å². The van der Waals surface area contributed by atoms with E-state index in [1.807, 2.05) is 36.4 Å². The Morgan fingerprint density at radius 2 is 1.96 bits per heavy atom. The normalized spacial score (nSPS) is 11.6. The summed E-state index contributed by atoms with van der Waals surface area (Å²) in [6.07, 6.45) is 3.11. The molecule has 0 aliphatic rings. The van der Waals surface area contributed by atoms with E-state index in [9.17, 15) is 4.79 Å². The molecule has 1 aromatic carbocycles. The number of aromatic nitrogens is 1. The number of anilines is 1. The maximum atomic E-state index is 12.4. The summed E-state index contributed by atoms with van der Waals surface area (Å²) < 4.78 is 15.8. The molecule has 2 amide bonds. The first-order valence-corrected chi connectivity index (χ1v) is 8.50. The topological polar surface area (TPSA) is 85.6 Å². The number of hydrogen-bond acceptors (Lipinski definition) is 5. The van der Waals surface area contributed by atoms with Gasteiger partial charge in [0, 0.05) is 13.2 Å². The van der Waals surface area contributed by atoms with Gasteiger partial charge >= 0.3 is 6.03 Å². The average molecular weight is 367 g/mol. The Kier molecular flexibility index (Phi) is 6.43. The van der Waals surface area contributed by atoms with Crippen LogP contribution in [0.2, 0.25) is 0 Å². The second-order valence-electron chi connectivity index (χ2n) is 5.68. The van der Waals surface area contributed by atoms with Crippen molar-refractivity contribution in [1.29, 1.82) is 0 Å². The standard InChI is InChI=1S/C20H21N3O4/c1-25-12-13-27-18-10-9-16(14-21-18)22-20(24)23-19(17-8-5-11-26-17)15-6-3-2-4-7-15/h2-11,14,19H,12-13H2,1H3,(H2,22,23,24). The molecule has 7 heteroatoms. The summed E-state index contributed by atoms with van der Waals surface area (Å²) in [6.45, 7) is 0.899. The van der Waals surface area contributed by atoms with Crippen LogP contribution in [0.1, 0.15) is 17.4 Å². The van der Waals surface area contributed by atoms with Crippen LogP contribution in [0.3, 0.4) is 0 Å². The van der Waals surface area contributed by atoms with Crippen molar-refractivity contribution in [3.63, 3.8) is 0 Å². The van der Waals surface area contributed by atoms with Gasteiger partial charge in [0.15, 0.2) is 0 Å². The van der Waals surface area contributed by atoms with Gasteiger partial charge in [0.05, 0.1) is 24.8 Å². The Morgan fingerprint density at radius 1 is 1.11 bits per heavy atom. The molecule has 0 aliphatic heterocycles. The number of carbonyl (C=O) groups is 1. The number of pyridine rings is 1. The maximum Gasteiger partial charge on any atom is 0.320 e. The zero-order valence-corrected chi connectivity index (χ0v) is 14.9. The number of hydrogen-bond donors (Lipinski definition) is 2. The molecule has 0 fully saturated rings. The molecule has 2 N–H and O–H groups in total. The molecule has 3 rings (SSSR count). The predicted molar refractivity (Wildman–Crippen MR) is 101 cm³/mol. The number of methoxy groups -OCH3 is 1. The molecule has 2 aromatic heterocycles. The van der Waals surface area contributed by atoms with Gasteiger partial charge in [-0.15, -0.1) is 0 Å². The summed E-state index contributed by atoms with van der Waals surface area (Å²) in [5.41, 5.74) is 1.47. The van der Waals surface area contributed by atoms with Crippen molar-refractivity contribution < 1.29 is 18.7 Å². The summed E-state index contributed by atoms with van der Waals surface area (Å²) in [6, 6.07) is 15.9. The average Bonchev–Trinajstić information content (AvgIpc) is 3.23. The number of furan rings is 1. The first-order chi connectivity index (χ1) is 13.3. The van der Waals surface area contributed by atoms with Crippen LogP contribution in [-0.4, -0.2) is 31.3 Å². The van der Waals surface area contributed by atoms with Gasteiger partial charge in [-0.25, -0.2) is 9.78 Å². The van der Waals surface area contributed by atoms with Crippen LogP contribution in [-0.2, 0) is 4.74 Å². The molecule has 0 radical (unpaired) electrons. The zero-order chi connectivity index (χ0) is 18.9. The van der Waals surface area contributed by atoms with Gasteiger partial charge in [0.25, 0.3) is 0 Å². The second kappa shape index (κ2) is 9.40. The fourth-order valence-electron chi connectivity index (χ4n) is 2.49. The van der Waals surface area contributed by atoms with Crippen molar-refractivity contribution in [1.82, 2.24) is 10.3 Å². The van der Waals surface area contributed by atoms with E-state index < -0.39 is 6.04 Å². The number of amides is 2. The molecule has 2 heterocycles. The Bertz CT molecular complexity index is 820. The molecule has 3 aromatic rings. The molecular weight excluding hydrogens is 346 g/mol. The highest BCUT2D eigenvalue weighted by molar-refractivity contribution is 5.89. The number of ether oxygens (including phenoxy) is 2. The first-order valence-electron chi connectivity index (χ1n) is 8.50. The molecule has 7 nitrogen and oxygen atoms in total. The van der Waals surface area contributed by atoms with Gasteiger partial charge in [-0.05, 0) is 23.8 Å². The minimum atomic E-state index is -0.397. The minimum Gasteiger partial charge on any atom is -0.475 e. The van der Waals surface area contributed by atoms with Crippen molar-refractivity contribution in [3.05, 3.63) is 78.4 Å². The van der Waals surface area contributed by atoms with E-state index in [1.165, 1.54) is 6.20 Å². The van der Waals surface area contributed by atoms with E-state index in [-0.39, 0.29) is 6.03 Å². The van der Waals surface area contributed by atoms with Gasteiger partial charge in [-0.2, -0.15) is 0 Å². The summed E-state index contributed by atoms with van der Waals surface area (Å²) >= 11 is 0. The maximum absolute atomic E-state index is 12.4. The van der Waals surface area contributed by atoms with Crippen molar-refractivity contribution in [2.24, 2.45) is 0 Å². The van der Waals surface area contributed by atoms with Gasteiger partial charge in [0.1, 0.15) is 18.4 Å². The molecule has 1 atom stereocenters. The molecule has 140 valence electrons. The Morgan fingerprint density at radius 3 is 2.63 bits per heavy atom.